The van der Waals surface area contributed by atoms with E-state index in [2.05, 4.69) is 15.4 Å². The smallest absolute Gasteiger partial charge is 0.270 e. The summed E-state index contributed by atoms with van der Waals surface area (Å²) in [6.07, 6.45) is 0. The zero-order valence-electron chi connectivity index (χ0n) is 15.5. The van der Waals surface area contributed by atoms with E-state index in [4.69, 9.17) is 28.9 Å². The quantitative estimate of drug-likeness (QED) is 0.463. The largest absolute Gasteiger partial charge is 0.366 e. The van der Waals surface area contributed by atoms with Gasteiger partial charge in [-0.2, -0.15) is 4.98 Å². The first-order valence-corrected chi connectivity index (χ1v) is 9.45. The highest BCUT2D eigenvalue weighted by molar-refractivity contribution is 6.35. The molecule has 0 saturated carbocycles. The number of hydrogen-bond acceptors (Lipinski definition) is 6. The number of allylic oxidation sites excluding steroid dienone is 1. The van der Waals surface area contributed by atoms with Gasteiger partial charge in [-0.25, -0.2) is 4.68 Å². The number of nitrogens with zero attached hydrogens (tertiary/aromatic N) is 4. The molecule has 3 N–H and O–H groups in total. The summed E-state index contributed by atoms with van der Waals surface area (Å²) < 4.78 is 1.48. The van der Waals surface area contributed by atoms with Gasteiger partial charge in [0.25, 0.3) is 5.69 Å². The Balaban J connectivity index is 1.89. The number of nitrogens with one attached hydrogen (secondary N) is 1. The molecule has 0 fully saturated rings. The highest BCUT2D eigenvalue weighted by atomic mass is 35.5. The summed E-state index contributed by atoms with van der Waals surface area (Å²) in [6, 6.07) is 10.1. The second-order valence-corrected chi connectivity index (χ2v) is 7.45. The minimum Gasteiger partial charge on any atom is -0.366 e. The van der Waals surface area contributed by atoms with Crippen LogP contribution in [0, 0.1) is 10.1 Å². The van der Waals surface area contributed by atoms with Crippen LogP contribution in [0.3, 0.4) is 0 Å². The van der Waals surface area contributed by atoms with Gasteiger partial charge in [0.2, 0.25) is 11.9 Å². The lowest BCUT2D eigenvalue weighted by atomic mass is 9.95. The molecule has 30 heavy (non-hydrogen) atoms. The van der Waals surface area contributed by atoms with Crippen molar-refractivity contribution in [3.05, 3.63) is 79.5 Å². The van der Waals surface area contributed by atoms with Crippen molar-refractivity contribution in [2.24, 2.45) is 5.73 Å². The number of aromatic nitrogens is 3. The van der Waals surface area contributed by atoms with Crippen LogP contribution in [0.1, 0.15) is 18.5 Å². The number of nitrogens with two attached hydrogens (primary N) is 1. The number of fused-ring (bicyclic) bond motifs is 1. The van der Waals surface area contributed by atoms with Crippen molar-refractivity contribution >= 4 is 40.7 Å². The van der Waals surface area contributed by atoms with Crippen LogP contribution in [-0.2, 0) is 4.79 Å². The van der Waals surface area contributed by atoms with Gasteiger partial charge >= 0.3 is 0 Å². The molecule has 11 heteroatoms. The van der Waals surface area contributed by atoms with Gasteiger partial charge in [0.1, 0.15) is 6.04 Å². The molecule has 0 bridgehead atoms. The van der Waals surface area contributed by atoms with Crippen molar-refractivity contribution in [3.63, 3.8) is 0 Å². The van der Waals surface area contributed by atoms with Gasteiger partial charge in [-0.05, 0) is 19.1 Å². The number of rotatable bonds is 4. The standard InChI is InChI=1S/C19H14Cl2N6O3/c1-9-15(17(22)28)16(13-6-5-11(20)8-14(13)21)26-19(23-9)24-18(25-26)10-3-2-4-12(7-10)27(29)30/h2-8,16H,1H3,(H2,22,28)(H,23,24,25). The number of benzene rings is 2. The van der Waals surface area contributed by atoms with E-state index >= 15 is 0 Å². The summed E-state index contributed by atoms with van der Waals surface area (Å²) in [4.78, 5) is 27.3. The Labute approximate surface area is 180 Å². The van der Waals surface area contributed by atoms with E-state index in [1.807, 2.05) is 0 Å². The highest BCUT2D eigenvalue weighted by Crippen LogP contribution is 2.39. The molecule has 1 amide bonds. The second kappa shape index (κ2) is 7.43. The monoisotopic (exact) mass is 444 g/mol. The van der Waals surface area contributed by atoms with Crippen LogP contribution >= 0.6 is 23.2 Å². The molecule has 2 aromatic carbocycles. The van der Waals surface area contributed by atoms with E-state index in [9.17, 15) is 14.9 Å². The number of halogens is 2. The molecule has 1 atom stereocenters. The Morgan fingerprint density at radius 3 is 2.70 bits per heavy atom. The molecule has 0 radical (unpaired) electrons. The molecule has 3 aromatic rings. The second-order valence-electron chi connectivity index (χ2n) is 6.61. The molecule has 1 aromatic heterocycles. The summed E-state index contributed by atoms with van der Waals surface area (Å²) in [5.41, 5.74) is 7.35. The maximum absolute atomic E-state index is 12.3. The maximum atomic E-state index is 12.3. The first-order valence-electron chi connectivity index (χ1n) is 8.70. The van der Waals surface area contributed by atoms with Crippen LogP contribution in [0.4, 0.5) is 11.6 Å². The molecule has 1 unspecified atom stereocenters. The third-order valence-electron chi connectivity index (χ3n) is 4.69. The van der Waals surface area contributed by atoms with Crippen LogP contribution in [0.5, 0.6) is 0 Å². The summed E-state index contributed by atoms with van der Waals surface area (Å²) in [5.74, 6) is -0.0566. The van der Waals surface area contributed by atoms with E-state index in [1.54, 1.807) is 37.3 Å². The zero-order chi connectivity index (χ0) is 21.6. The van der Waals surface area contributed by atoms with Crippen LogP contribution in [0.2, 0.25) is 10.0 Å². The van der Waals surface area contributed by atoms with Crippen LogP contribution in [0.25, 0.3) is 11.4 Å². The van der Waals surface area contributed by atoms with Gasteiger partial charge in [-0.15, -0.1) is 5.10 Å². The minimum atomic E-state index is -0.747. The van der Waals surface area contributed by atoms with E-state index in [1.165, 1.54) is 16.8 Å². The number of carbonyl (C=O) groups excluding carboxylic acids is 1. The first kappa shape index (κ1) is 19.9. The Bertz CT molecular complexity index is 1240. The van der Waals surface area contributed by atoms with Gasteiger partial charge < -0.3 is 11.1 Å². The number of nitro groups is 1. The number of anilines is 1. The zero-order valence-corrected chi connectivity index (χ0v) is 17.0. The Hall–Kier alpha value is -3.43. The van der Waals surface area contributed by atoms with E-state index < -0.39 is 16.9 Å². The van der Waals surface area contributed by atoms with Crippen molar-refractivity contribution in [2.45, 2.75) is 13.0 Å². The molecule has 1 aliphatic rings. The van der Waals surface area contributed by atoms with Crippen molar-refractivity contribution in [3.8, 4) is 11.4 Å². The minimum absolute atomic E-state index is 0.0855. The molecule has 152 valence electrons. The van der Waals surface area contributed by atoms with Crippen molar-refractivity contribution < 1.29 is 9.72 Å². The Morgan fingerprint density at radius 2 is 2.03 bits per heavy atom. The van der Waals surface area contributed by atoms with E-state index in [0.717, 1.165) is 0 Å². The Morgan fingerprint density at radius 1 is 1.27 bits per heavy atom. The average Bonchev–Trinajstić information content (AvgIpc) is 3.10. The lowest BCUT2D eigenvalue weighted by Crippen LogP contribution is -2.32. The van der Waals surface area contributed by atoms with Gasteiger partial charge in [-0.3, -0.25) is 14.9 Å². The lowest BCUT2D eigenvalue weighted by molar-refractivity contribution is -0.384. The summed E-state index contributed by atoms with van der Waals surface area (Å²) in [5, 5.41) is 19.4. The first-order chi connectivity index (χ1) is 14.3. The summed E-state index contributed by atoms with van der Waals surface area (Å²) >= 11 is 12.4. The number of hydrogen-bond donors (Lipinski definition) is 2. The fourth-order valence-corrected chi connectivity index (χ4v) is 3.87. The third-order valence-corrected chi connectivity index (χ3v) is 5.25. The van der Waals surface area contributed by atoms with Gasteiger partial charge in [0, 0.05) is 39.0 Å². The molecular weight excluding hydrogens is 431 g/mol. The highest BCUT2D eigenvalue weighted by Gasteiger charge is 2.34. The molecule has 4 rings (SSSR count). The van der Waals surface area contributed by atoms with Crippen LogP contribution in [0.15, 0.2) is 53.7 Å². The lowest BCUT2D eigenvalue weighted by Gasteiger charge is -2.28. The molecule has 9 nitrogen and oxygen atoms in total. The van der Waals surface area contributed by atoms with Crippen molar-refractivity contribution in [2.75, 3.05) is 5.32 Å². The van der Waals surface area contributed by atoms with E-state index in [-0.39, 0.29) is 17.1 Å². The molecule has 1 aliphatic heterocycles. The molecule has 0 saturated heterocycles. The number of nitro benzene ring substituents is 1. The normalized spacial score (nSPS) is 15.5. The third kappa shape index (κ3) is 3.38. The predicted octanol–water partition coefficient (Wildman–Crippen LogP) is 3.93. The fraction of sp³-hybridized carbons (Fsp3) is 0.105. The number of amides is 1. The summed E-state index contributed by atoms with van der Waals surface area (Å²) in [7, 11) is 0. The number of non-ortho nitro benzene ring substituents is 1. The predicted molar refractivity (Wildman–Crippen MR) is 112 cm³/mol. The molecule has 0 spiro atoms. The van der Waals surface area contributed by atoms with Crippen LogP contribution < -0.4 is 11.1 Å². The maximum Gasteiger partial charge on any atom is 0.270 e. The Kier molecular flexibility index (Phi) is 4.92. The number of carbonyl (C=O) groups is 1. The molecule has 2 heterocycles. The van der Waals surface area contributed by atoms with Gasteiger partial charge in [-0.1, -0.05) is 41.4 Å². The van der Waals surface area contributed by atoms with Crippen molar-refractivity contribution in [1.29, 1.82) is 0 Å². The average molecular weight is 445 g/mol. The van der Waals surface area contributed by atoms with Gasteiger partial charge in [0.05, 0.1) is 10.5 Å². The van der Waals surface area contributed by atoms with Gasteiger partial charge in [0.15, 0.2) is 5.82 Å². The summed E-state index contributed by atoms with van der Waals surface area (Å²) in [6.45, 7) is 1.70. The molecular formula is C19H14Cl2N6O3. The van der Waals surface area contributed by atoms with Crippen molar-refractivity contribution in [1.82, 2.24) is 14.8 Å². The number of primary amides is 1. The molecule has 0 aliphatic carbocycles. The SMILES string of the molecule is CC1=C(C(N)=O)C(c2ccc(Cl)cc2Cl)n2nc(-c3cccc([N+](=O)[O-])c3)nc2N1. The van der Waals surface area contributed by atoms with Crippen LogP contribution in [-0.4, -0.2) is 25.6 Å². The fourth-order valence-electron chi connectivity index (χ4n) is 3.36. The van der Waals surface area contributed by atoms with E-state index in [0.29, 0.717) is 32.8 Å². The topological polar surface area (TPSA) is 129 Å².